The summed E-state index contributed by atoms with van der Waals surface area (Å²) < 4.78 is 15.4. The minimum atomic E-state index is -1.40. The number of ether oxygens (including phenoxy) is 3. The second-order valence-corrected chi connectivity index (χ2v) is 4.86. The molecule has 0 aromatic heterocycles. The molecule has 128 valence electrons. The number of hydrogen-bond acceptors (Lipinski definition) is 8. The highest BCUT2D eigenvalue weighted by Gasteiger charge is 2.49. The number of aliphatic hydroxyl groups is 1. The van der Waals surface area contributed by atoms with Gasteiger partial charge in [-0.2, -0.15) is 0 Å². The Kier molecular flexibility index (Phi) is 6.76. The second kappa shape index (κ2) is 8.32. The van der Waals surface area contributed by atoms with Crippen molar-refractivity contribution >= 4 is 17.8 Å². The van der Waals surface area contributed by atoms with Gasteiger partial charge < -0.3 is 24.6 Å². The first-order valence-corrected chi connectivity index (χ1v) is 6.72. The molecule has 1 saturated heterocycles. The van der Waals surface area contributed by atoms with E-state index in [4.69, 9.17) is 19.7 Å². The molecule has 0 spiro atoms. The number of carbonyl (C=O) groups excluding carboxylic acids is 3. The van der Waals surface area contributed by atoms with Gasteiger partial charge in [0.05, 0.1) is 12.6 Å². The Morgan fingerprint density at radius 1 is 1.26 bits per heavy atom. The Morgan fingerprint density at radius 2 is 1.87 bits per heavy atom. The number of carbonyl (C=O) groups is 3. The van der Waals surface area contributed by atoms with Gasteiger partial charge in [-0.15, -0.1) is 0 Å². The Bertz CT molecular complexity index is 520. The van der Waals surface area contributed by atoms with E-state index in [1.165, 1.54) is 6.92 Å². The van der Waals surface area contributed by atoms with Crippen LogP contribution in [0.5, 0.6) is 0 Å². The van der Waals surface area contributed by atoms with Crippen molar-refractivity contribution < 1.29 is 33.7 Å². The van der Waals surface area contributed by atoms with E-state index in [1.807, 2.05) is 0 Å². The van der Waals surface area contributed by atoms with Gasteiger partial charge >= 0.3 is 11.9 Å². The lowest BCUT2D eigenvalue weighted by atomic mass is 9.96. The first-order valence-electron chi connectivity index (χ1n) is 6.72. The summed E-state index contributed by atoms with van der Waals surface area (Å²) in [6.45, 7) is 3.17. The number of azide groups is 1. The van der Waals surface area contributed by atoms with Gasteiger partial charge in [0, 0.05) is 25.7 Å². The number of aliphatic hydroxyl groups excluding tert-OH is 1. The van der Waals surface area contributed by atoms with Crippen molar-refractivity contribution in [2.75, 3.05) is 6.54 Å². The molecule has 1 fully saturated rings. The van der Waals surface area contributed by atoms with Crippen LogP contribution < -0.4 is 5.32 Å². The summed E-state index contributed by atoms with van der Waals surface area (Å²) in [5.41, 5.74) is 8.37. The van der Waals surface area contributed by atoms with Crippen molar-refractivity contribution in [3.05, 3.63) is 10.4 Å². The molecule has 2 N–H and O–H groups in total. The topological polar surface area (TPSA) is 160 Å². The number of hydrogen-bond donors (Lipinski definition) is 2. The molecule has 23 heavy (non-hydrogen) atoms. The van der Waals surface area contributed by atoms with Crippen LogP contribution in [0.4, 0.5) is 0 Å². The van der Waals surface area contributed by atoms with Crippen molar-refractivity contribution in [3.63, 3.8) is 0 Å². The number of nitrogens with zero attached hydrogens (tertiary/aromatic N) is 3. The molecule has 0 aromatic carbocycles. The third kappa shape index (κ3) is 5.40. The van der Waals surface area contributed by atoms with Crippen LogP contribution >= 0.6 is 0 Å². The number of nitrogens with one attached hydrogen (secondary N) is 1. The zero-order valence-corrected chi connectivity index (χ0v) is 12.8. The van der Waals surface area contributed by atoms with Gasteiger partial charge in [0.1, 0.15) is 12.1 Å². The normalized spacial score (nSPS) is 29.8. The van der Waals surface area contributed by atoms with Crippen LogP contribution in [0.3, 0.4) is 0 Å². The second-order valence-electron chi connectivity index (χ2n) is 4.86. The van der Waals surface area contributed by atoms with Crippen LogP contribution in [0.1, 0.15) is 20.8 Å². The van der Waals surface area contributed by atoms with Crippen LogP contribution in [-0.4, -0.2) is 60.1 Å². The van der Waals surface area contributed by atoms with Crippen LogP contribution in [0.25, 0.3) is 10.4 Å². The van der Waals surface area contributed by atoms with Crippen molar-refractivity contribution in [3.8, 4) is 0 Å². The molecule has 1 aliphatic heterocycles. The minimum Gasteiger partial charge on any atom is -0.457 e. The summed E-state index contributed by atoms with van der Waals surface area (Å²) in [7, 11) is 0. The summed E-state index contributed by atoms with van der Waals surface area (Å²) in [5.74, 6) is -1.92. The number of esters is 2. The van der Waals surface area contributed by atoms with Crippen molar-refractivity contribution in [1.82, 2.24) is 5.32 Å². The standard InChI is InChI=1S/C12H18N4O7/c1-5(17)15-9-11(21-6(2)18)10(20)8(4-14-16-13)23-12(9)22-7(3)19/h8-12,20H,4H2,1-3H3,(H,15,17)/t8-,9-,10+,11-,12?/m1/s1. The molecule has 1 unspecified atom stereocenters. The maximum absolute atomic E-state index is 11.3. The quantitative estimate of drug-likeness (QED) is 0.294. The molecule has 0 saturated carbocycles. The Hall–Kier alpha value is -2.36. The smallest absolute Gasteiger partial charge is 0.305 e. The average molecular weight is 330 g/mol. The van der Waals surface area contributed by atoms with Gasteiger partial charge in [0.2, 0.25) is 12.2 Å². The molecule has 5 atom stereocenters. The lowest BCUT2D eigenvalue weighted by Crippen LogP contribution is -2.65. The van der Waals surface area contributed by atoms with E-state index >= 15 is 0 Å². The predicted octanol–water partition coefficient (Wildman–Crippen LogP) is -0.618. The van der Waals surface area contributed by atoms with Crippen molar-refractivity contribution in [2.45, 2.75) is 51.4 Å². The van der Waals surface area contributed by atoms with Gasteiger partial charge in [-0.1, -0.05) is 5.11 Å². The largest absolute Gasteiger partial charge is 0.457 e. The van der Waals surface area contributed by atoms with E-state index < -0.39 is 48.5 Å². The lowest BCUT2D eigenvalue weighted by molar-refractivity contribution is -0.258. The molecule has 1 amide bonds. The Balaban J connectivity index is 3.11. The van der Waals surface area contributed by atoms with Crippen LogP contribution in [0, 0.1) is 0 Å². The van der Waals surface area contributed by atoms with Gasteiger partial charge in [0.25, 0.3) is 0 Å². The summed E-state index contributed by atoms with van der Waals surface area (Å²) >= 11 is 0. The molecule has 1 rings (SSSR count). The first-order chi connectivity index (χ1) is 10.8. The molecule has 0 aliphatic carbocycles. The predicted molar refractivity (Wildman–Crippen MR) is 73.6 cm³/mol. The minimum absolute atomic E-state index is 0.278. The number of rotatable bonds is 5. The molecular weight excluding hydrogens is 312 g/mol. The third-order valence-electron chi connectivity index (χ3n) is 2.95. The molecule has 1 heterocycles. The van der Waals surface area contributed by atoms with E-state index in [1.54, 1.807) is 0 Å². The van der Waals surface area contributed by atoms with E-state index in [0.29, 0.717) is 0 Å². The van der Waals surface area contributed by atoms with Crippen LogP contribution in [0.2, 0.25) is 0 Å². The number of amides is 1. The maximum atomic E-state index is 11.3. The molecule has 0 bridgehead atoms. The van der Waals surface area contributed by atoms with Crippen LogP contribution in [-0.2, 0) is 28.6 Å². The Morgan fingerprint density at radius 3 is 2.35 bits per heavy atom. The molecule has 0 radical (unpaired) electrons. The maximum Gasteiger partial charge on any atom is 0.305 e. The molecule has 11 heteroatoms. The average Bonchev–Trinajstić information content (AvgIpc) is 2.43. The van der Waals surface area contributed by atoms with Gasteiger partial charge in [-0.05, 0) is 5.53 Å². The fourth-order valence-corrected chi connectivity index (χ4v) is 2.17. The highest BCUT2D eigenvalue weighted by molar-refractivity contribution is 5.73. The molecule has 0 aromatic rings. The van der Waals surface area contributed by atoms with E-state index in [-0.39, 0.29) is 6.54 Å². The fourth-order valence-electron chi connectivity index (χ4n) is 2.17. The summed E-state index contributed by atoms with van der Waals surface area (Å²) in [5, 5.41) is 16.0. The third-order valence-corrected chi connectivity index (χ3v) is 2.95. The Labute approximate surface area is 131 Å². The summed E-state index contributed by atoms with van der Waals surface area (Å²) in [6.07, 6.45) is -5.03. The molecule has 1 aliphatic rings. The SMILES string of the molecule is CC(=O)N[C@H]1C(OC(C)=O)O[C@H](CN=[N+]=[N-])[C@H](O)[C@@H]1OC(C)=O. The van der Waals surface area contributed by atoms with E-state index in [9.17, 15) is 19.5 Å². The van der Waals surface area contributed by atoms with E-state index in [2.05, 4.69) is 15.3 Å². The monoisotopic (exact) mass is 330 g/mol. The molecule has 11 nitrogen and oxygen atoms in total. The van der Waals surface area contributed by atoms with Crippen LogP contribution in [0.15, 0.2) is 5.11 Å². The molecular formula is C12H18N4O7. The van der Waals surface area contributed by atoms with Gasteiger partial charge in [0.15, 0.2) is 6.10 Å². The van der Waals surface area contributed by atoms with Gasteiger partial charge in [-0.25, -0.2) is 0 Å². The lowest BCUT2D eigenvalue weighted by Gasteiger charge is -2.43. The zero-order valence-electron chi connectivity index (χ0n) is 12.8. The zero-order chi connectivity index (χ0) is 17.6. The van der Waals surface area contributed by atoms with Gasteiger partial charge in [-0.3, -0.25) is 14.4 Å². The highest BCUT2D eigenvalue weighted by atomic mass is 16.7. The first kappa shape index (κ1) is 18.7. The summed E-state index contributed by atoms with van der Waals surface area (Å²) in [6, 6.07) is -1.11. The van der Waals surface area contributed by atoms with E-state index in [0.717, 1.165) is 13.8 Å². The fraction of sp³-hybridized carbons (Fsp3) is 0.750. The summed E-state index contributed by atoms with van der Waals surface area (Å²) in [4.78, 5) is 36.4. The van der Waals surface area contributed by atoms with Crippen molar-refractivity contribution in [2.24, 2.45) is 5.11 Å². The van der Waals surface area contributed by atoms with Crippen molar-refractivity contribution in [1.29, 1.82) is 0 Å². The highest BCUT2D eigenvalue weighted by Crippen LogP contribution is 2.25.